The first kappa shape index (κ1) is 15.5. The third kappa shape index (κ3) is 3.25. The molecular formula is C15H23N3O3. The first-order valence-electron chi connectivity index (χ1n) is 7.46. The van der Waals surface area contributed by atoms with Gasteiger partial charge in [-0.1, -0.05) is 25.7 Å². The molecule has 1 aromatic heterocycles. The van der Waals surface area contributed by atoms with E-state index in [0.717, 1.165) is 31.4 Å². The lowest BCUT2D eigenvalue weighted by Crippen LogP contribution is -2.43. The van der Waals surface area contributed by atoms with E-state index in [0.29, 0.717) is 18.4 Å². The van der Waals surface area contributed by atoms with Gasteiger partial charge in [-0.15, -0.1) is 0 Å². The molecule has 0 bridgehead atoms. The molecule has 6 heteroatoms. The number of aromatic nitrogens is 2. The summed E-state index contributed by atoms with van der Waals surface area (Å²) < 4.78 is 1.63. The monoisotopic (exact) mass is 293 g/mol. The van der Waals surface area contributed by atoms with Crippen LogP contribution in [0.5, 0.6) is 0 Å². The number of carboxylic acids is 1. The molecule has 1 fully saturated rings. The first-order valence-corrected chi connectivity index (χ1v) is 7.46. The highest BCUT2D eigenvalue weighted by Gasteiger charge is 2.39. The third-order valence-electron chi connectivity index (χ3n) is 4.58. The minimum atomic E-state index is -0.817. The largest absolute Gasteiger partial charge is 0.481 e. The van der Waals surface area contributed by atoms with Gasteiger partial charge in [0, 0.05) is 19.3 Å². The maximum atomic E-state index is 12.2. The molecule has 0 unspecified atom stereocenters. The lowest BCUT2D eigenvalue weighted by atomic mass is 9.80. The summed E-state index contributed by atoms with van der Waals surface area (Å²) in [5.74, 6) is -1.04. The van der Waals surface area contributed by atoms with Crippen molar-refractivity contribution in [3.8, 4) is 0 Å². The second-order valence-electron chi connectivity index (χ2n) is 5.95. The lowest BCUT2D eigenvalue weighted by molar-refractivity contribution is -0.149. The zero-order valence-corrected chi connectivity index (χ0v) is 12.7. The molecule has 6 nitrogen and oxygen atoms in total. The van der Waals surface area contributed by atoms with Gasteiger partial charge in [0.1, 0.15) is 0 Å². The number of aryl methyl sites for hydroxylation is 1. The van der Waals surface area contributed by atoms with Crippen molar-refractivity contribution in [2.75, 3.05) is 6.54 Å². The standard InChI is InChI=1S/C15H23N3O3/c1-11-12(9-17-18(11)2)13(19)16-10-15(14(20)21)7-5-3-4-6-8-15/h9H,3-8,10H2,1-2H3,(H,16,19)(H,20,21). The number of rotatable bonds is 4. The topological polar surface area (TPSA) is 84.2 Å². The molecule has 1 heterocycles. The van der Waals surface area contributed by atoms with Crippen LogP contribution in [0.3, 0.4) is 0 Å². The molecule has 0 atom stereocenters. The van der Waals surface area contributed by atoms with E-state index in [9.17, 15) is 14.7 Å². The molecule has 1 amide bonds. The summed E-state index contributed by atoms with van der Waals surface area (Å²) in [5.41, 5.74) is 0.465. The Morgan fingerprint density at radius 2 is 1.95 bits per heavy atom. The summed E-state index contributed by atoms with van der Waals surface area (Å²) in [6, 6.07) is 0. The Morgan fingerprint density at radius 3 is 2.43 bits per heavy atom. The number of carbonyl (C=O) groups excluding carboxylic acids is 1. The summed E-state index contributed by atoms with van der Waals surface area (Å²) >= 11 is 0. The molecule has 1 saturated carbocycles. The van der Waals surface area contributed by atoms with Crippen LogP contribution >= 0.6 is 0 Å². The summed E-state index contributed by atoms with van der Waals surface area (Å²) in [7, 11) is 1.77. The number of amides is 1. The van der Waals surface area contributed by atoms with Crippen LogP contribution in [0.1, 0.15) is 54.6 Å². The van der Waals surface area contributed by atoms with E-state index < -0.39 is 11.4 Å². The minimum absolute atomic E-state index is 0.190. The van der Waals surface area contributed by atoms with Crippen LogP contribution in [-0.2, 0) is 11.8 Å². The highest BCUT2D eigenvalue weighted by atomic mass is 16.4. The van der Waals surface area contributed by atoms with Crippen LogP contribution in [0.2, 0.25) is 0 Å². The molecular weight excluding hydrogens is 270 g/mol. The highest BCUT2D eigenvalue weighted by molar-refractivity contribution is 5.95. The minimum Gasteiger partial charge on any atom is -0.481 e. The number of hydrogen-bond donors (Lipinski definition) is 2. The van der Waals surface area contributed by atoms with Crippen LogP contribution in [0.25, 0.3) is 0 Å². The quantitative estimate of drug-likeness (QED) is 0.830. The van der Waals surface area contributed by atoms with E-state index in [2.05, 4.69) is 10.4 Å². The highest BCUT2D eigenvalue weighted by Crippen LogP contribution is 2.34. The maximum absolute atomic E-state index is 12.2. The van der Waals surface area contributed by atoms with E-state index >= 15 is 0 Å². The Balaban J connectivity index is 2.06. The SMILES string of the molecule is Cc1c(C(=O)NCC2(C(=O)O)CCCCCC2)cnn1C. The van der Waals surface area contributed by atoms with E-state index in [4.69, 9.17) is 0 Å². The van der Waals surface area contributed by atoms with Crippen molar-refractivity contribution in [2.24, 2.45) is 12.5 Å². The Morgan fingerprint density at radius 1 is 1.33 bits per heavy atom. The molecule has 0 aromatic carbocycles. The molecule has 0 radical (unpaired) electrons. The fourth-order valence-electron chi connectivity index (χ4n) is 2.94. The van der Waals surface area contributed by atoms with Crippen molar-refractivity contribution in [2.45, 2.75) is 45.4 Å². The van der Waals surface area contributed by atoms with Crippen LogP contribution in [-0.4, -0.2) is 33.3 Å². The van der Waals surface area contributed by atoms with Gasteiger partial charge in [-0.3, -0.25) is 14.3 Å². The van der Waals surface area contributed by atoms with E-state index in [1.165, 1.54) is 6.20 Å². The van der Waals surface area contributed by atoms with Crippen molar-refractivity contribution < 1.29 is 14.7 Å². The summed E-state index contributed by atoms with van der Waals surface area (Å²) in [4.78, 5) is 23.9. The molecule has 1 aliphatic rings. The zero-order valence-electron chi connectivity index (χ0n) is 12.7. The summed E-state index contributed by atoms with van der Waals surface area (Å²) in [5, 5.41) is 16.4. The van der Waals surface area contributed by atoms with Gasteiger partial charge in [-0.05, 0) is 19.8 Å². The fourth-order valence-corrected chi connectivity index (χ4v) is 2.94. The Bertz CT molecular complexity index is 528. The Kier molecular flexibility index (Phi) is 4.65. The predicted molar refractivity (Wildman–Crippen MR) is 78.0 cm³/mol. The normalized spacial score (nSPS) is 18.0. The molecule has 116 valence electrons. The fraction of sp³-hybridized carbons (Fsp3) is 0.667. The molecule has 0 spiro atoms. The third-order valence-corrected chi connectivity index (χ3v) is 4.58. The van der Waals surface area contributed by atoms with Crippen LogP contribution in [0.15, 0.2) is 6.20 Å². The van der Waals surface area contributed by atoms with Crippen molar-refractivity contribution in [3.05, 3.63) is 17.5 Å². The van der Waals surface area contributed by atoms with E-state index in [1.54, 1.807) is 11.7 Å². The van der Waals surface area contributed by atoms with E-state index in [1.807, 2.05) is 6.92 Å². The van der Waals surface area contributed by atoms with Crippen molar-refractivity contribution >= 4 is 11.9 Å². The average Bonchev–Trinajstić information content (AvgIpc) is 2.68. The lowest BCUT2D eigenvalue weighted by Gasteiger charge is -2.28. The summed E-state index contributed by atoms with van der Waals surface area (Å²) in [6.07, 6.45) is 6.76. The van der Waals surface area contributed by atoms with Gasteiger partial charge in [0.15, 0.2) is 0 Å². The van der Waals surface area contributed by atoms with Gasteiger partial charge in [0.25, 0.3) is 5.91 Å². The van der Waals surface area contributed by atoms with Crippen molar-refractivity contribution in [1.82, 2.24) is 15.1 Å². The Hall–Kier alpha value is -1.85. The van der Waals surface area contributed by atoms with Gasteiger partial charge in [-0.25, -0.2) is 0 Å². The summed E-state index contributed by atoms with van der Waals surface area (Å²) in [6.45, 7) is 2.01. The van der Waals surface area contributed by atoms with Crippen molar-refractivity contribution in [3.63, 3.8) is 0 Å². The number of carboxylic acid groups (broad SMARTS) is 1. The average molecular weight is 293 g/mol. The maximum Gasteiger partial charge on any atom is 0.311 e. The van der Waals surface area contributed by atoms with E-state index in [-0.39, 0.29) is 12.5 Å². The van der Waals surface area contributed by atoms with Gasteiger partial charge in [0.05, 0.1) is 17.2 Å². The van der Waals surface area contributed by atoms with Gasteiger partial charge < -0.3 is 10.4 Å². The molecule has 0 aliphatic heterocycles. The molecule has 1 aliphatic carbocycles. The molecule has 1 aromatic rings. The Labute approximate surface area is 124 Å². The molecule has 21 heavy (non-hydrogen) atoms. The van der Waals surface area contributed by atoms with Crippen LogP contribution in [0, 0.1) is 12.3 Å². The smallest absolute Gasteiger partial charge is 0.311 e. The number of nitrogens with zero attached hydrogens (tertiary/aromatic N) is 2. The molecule has 0 saturated heterocycles. The molecule has 2 N–H and O–H groups in total. The van der Waals surface area contributed by atoms with Gasteiger partial charge in [0.2, 0.25) is 0 Å². The second-order valence-corrected chi connectivity index (χ2v) is 5.95. The molecule has 2 rings (SSSR count). The number of carbonyl (C=O) groups is 2. The number of aliphatic carboxylic acids is 1. The van der Waals surface area contributed by atoms with Crippen molar-refractivity contribution in [1.29, 1.82) is 0 Å². The van der Waals surface area contributed by atoms with Gasteiger partial charge >= 0.3 is 5.97 Å². The predicted octanol–water partition coefficient (Wildman–Crippen LogP) is 1.88. The number of hydrogen-bond acceptors (Lipinski definition) is 3. The van der Waals surface area contributed by atoms with Crippen LogP contribution in [0.4, 0.5) is 0 Å². The van der Waals surface area contributed by atoms with Gasteiger partial charge in [-0.2, -0.15) is 5.10 Å². The number of nitrogens with one attached hydrogen (secondary N) is 1. The zero-order chi connectivity index (χ0) is 15.5. The van der Waals surface area contributed by atoms with Crippen LogP contribution < -0.4 is 5.32 Å². The first-order chi connectivity index (χ1) is 9.96. The second kappa shape index (κ2) is 6.28.